The predicted molar refractivity (Wildman–Crippen MR) is 88.3 cm³/mol. The number of nitrogens with two attached hydrogens (primary N) is 1. The average Bonchev–Trinajstić information content (AvgIpc) is 2.38. The first kappa shape index (κ1) is 15.9. The van der Waals surface area contributed by atoms with E-state index in [9.17, 15) is 0 Å². The van der Waals surface area contributed by atoms with Gasteiger partial charge in [-0.05, 0) is 48.2 Å². The van der Waals surface area contributed by atoms with E-state index in [2.05, 4.69) is 0 Å². The van der Waals surface area contributed by atoms with Crippen molar-refractivity contribution >= 4 is 46.4 Å². The molecule has 5 heteroatoms. The number of benzene rings is 2. The third-order valence-electron chi connectivity index (χ3n) is 3.01. The third-order valence-corrected chi connectivity index (χ3v) is 4.46. The van der Waals surface area contributed by atoms with E-state index in [4.69, 9.17) is 52.1 Å². The van der Waals surface area contributed by atoms with E-state index in [1.165, 1.54) is 0 Å². The lowest BCUT2D eigenvalue weighted by atomic mass is 9.99. The van der Waals surface area contributed by atoms with Crippen molar-refractivity contribution in [3.63, 3.8) is 0 Å². The van der Waals surface area contributed by atoms with E-state index in [-0.39, 0.29) is 6.04 Å². The van der Waals surface area contributed by atoms with Crippen LogP contribution in [0.3, 0.4) is 0 Å². The number of hydrogen-bond donors (Lipinski definition) is 1. The summed E-state index contributed by atoms with van der Waals surface area (Å²) in [6, 6.07) is 10.9. The van der Waals surface area contributed by atoms with Crippen LogP contribution in [0.15, 0.2) is 36.4 Å². The molecule has 0 saturated carbocycles. The van der Waals surface area contributed by atoms with E-state index in [0.29, 0.717) is 32.9 Å². The van der Waals surface area contributed by atoms with Crippen LogP contribution in [0.1, 0.15) is 11.1 Å². The van der Waals surface area contributed by atoms with Gasteiger partial charge in [-0.1, -0.05) is 58.5 Å². The van der Waals surface area contributed by atoms with Gasteiger partial charge in [0.2, 0.25) is 0 Å². The highest BCUT2D eigenvalue weighted by Crippen LogP contribution is 2.27. The summed E-state index contributed by atoms with van der Waals surface area (Å²) in [5.74, 6) is 0. The van der Waals surface area contributed by atoms with Crippen LogP contribution in [-0.2, 0) is 12.8 Å². The highest BCUT2D eigenvalue weighted by atomic mass is 35.5. The molecule has 0 aliphatic heterocycles. The number of rotatable bonds is 4. The highest BCUT2D eigenvalue weighted by Gasteiger charge is 2.12. The topological polar surface area (TPSA) is 26.0 Å². The fourth-order valence-corrected chi connectivity index (χ4v) is 2.90. The minimum Gasteiger partial charge on any atom is -0.327 e. The zero-order chi connectivity index (χ0) is 14.7. The molecule has 0 spiro atoms. The van der Waals surface area contributed by atoms with Crippen molar-refractivity contribution < 1.29 is 0 Å². The summed E-state index contributed by atoms with van der Waals surface area (Å²) < 4.78 is 0. The minimum atomic E-state index is -0.0929. The Hall–Kier alpha value is -0.440. The van der Waals surface area contributed by atoms with Crippen LogP contribution in [0.4, 0.5) is 0 Å². The summed E-state index contributed by atoms with van der Waals surface area (Å²) >= 11 is 24.2. The quantitative estimate of drug-likeness (QED) is 0.785. The Bertz CT molecular complexity index is 593. The van der Waals surface area contributed by atoms with Crippen molar-refractivity contribution in [1.82, 2.24) is 0 Å². The second kappa shape index (κ2) is 7.02. The van der Waals surface area contributed by atoms with E-state index in [1.54, 1.807) is 6.07 Å². The van der Waals surface area contributed by atoms with Crippen molar-refractivity contribution in [3.8, 4) is 0 Å². The highest BCUT2D eigenvalue weighted by molar-refractivity contribution is 6.42. The first-order valence-electron chi connectivity index (χ1n) is 6.09. The molecule has 2 rings (SSSR count). The van der Waals surface area contributed by atoms with Gasteiger partial charge in [-0.3, -0.25) is 0 Å². The molecule has 1 unspecified atom stereocenters. The van der Waals surface area contributed by atoms with Gasteiger partial charge >= 0.3 is 0 Å². The zero-order valence-electron chi connectivity index (χ0n) is 10.5. The maximum Gasteiger partial charge on any atom is 0.0595 e. The van der Waals surface area contributed by atoms with E-state index in [1.807, 2.05) is 30.3 Å². The average molecular weight is 349 g/mol. The largest absolute Gasteiger partial charge is 0.327 e. The SMILES string of the molecule is NC(Cc1ccc(Cl)c(Cl)c1)Cc1c(Cl)cccc1Cl. The van der Waals surface area contributed by atoms with Gasteiger partial charge in [0.25, 0.3) is 0 Å². The lowest BCUT2D eigenvalue weighted by Gasteiger charge is -2.14. The summed E-state index contributed by atoms with van der Waals surface area (Å²) in [6.45, 7) is 0. The van der Waals surface area contributed by atoms with Crippen LogP contribution < -0.4 is 5.73 Å². The fraction of sp³-hybridized carbons (Fsp3) is 0.200. The predicted octanol–water partition coefficient (Wildman–Crippen LogP) is 5.41. The molecular formula is C15H13Cl4N. The summed E-state index contributed by atoms with van der Waals surface area (Å²) in [6.07, 6.45) is 1.29. The Morgan fingerprint density at radius 2 is 1.45 bits per heavy atom. The first-order valence-corrected chi connectivity index (χ1v) is 7.61. The van der Waals surface area contributed by atoms with Gasteiger partial charge < -0.3 is 5.73 Å². The molecular weight excluding hydrogens is 336 g/mol. The Labute approximate surface area is 138 Å². The van der Waals surface area contributed by atoms with E-state index >= 15 is 0 Å². The summed E-state index contributed by atoms with van der Waals surface area (Å²) in [5, 5.41) is 2.36. The lowest BCUT2D eigenvalue weighted by Crippen LogP contribution is -2.25. The molecule has 106 valence electrons. The van der Waals surface area contributed by atoms with Crippen LogP contribution in [-0.4, -0.2) is 6.04 Å². The molecule has 0 radical (unpaired) electrons. The van der Waals surface area contributed by atoms with E-state index in [0.717, 1.165) is 11.1 Å². The fourth-order valence-electron chi connectivity index (χ4n) is 2.03. The molecule has 0 aliphatic carbocycles. The Balaban J connectivity index is 2.09. The molecule has 0 fully saturated rings. The lowest BCUT2D eigenvalue weighted by molar-refractivity contribution is 0.665. The van der Waals surface area contributed by atoms with Crippen LogP contribution in [0, 0.1) is 0 Å². The van der Waals surface area contributed by atoms with Gasteiger partial charge in [0.15, 0.2) is 0 Å². The van der Waals surface area contributed by atoms with Crippen molar-refractivity contribution in [3.05, 3.63) is 67.6 Å². The Kier molecular flexibility index (Phi) is 5.59. The Morgan fingerprint density at radius 3 is 2.05 bits per heavy atom. The summed E-state index contributed by atoms with van der Waals surface area (Å²) in [7, 11) is 0. The summed E-state index contributed by atoms with van der Waals surface area (Å²) in [4.78, 5) is 0. The second-order valence-electron chi connectivity index (χ2n) is 4.62. The maximum atomic E-state index is 6.17. The number of hydrogen-bond acceptors (Lipinski definition) is 1. The van der Waals surface area contributed by atoms with Crippen LogP contribution in [0.5, 0.6) is 0 Å². The van der Waals surface area contributed by atoms with Gasteiger partial charge in [-0.25, -0.2) is 0 Å². The normalized spacial score (nSPS) is 12.4. The van der Waals surface area contributed by atoms with E-state index < -0.39 is 0 Å². The summed E-state index contributed by atoms with van der Waals surface area (Å²) in [5.41, 5.74) is 8.09. The molecule has 2 N–H and O–H groups in total. The standard InChI is InChI=1S/C15H13Cl4N/c16-12-2-1-3-13(17)11(12)8-10(20)6-9-4-5-14(18)15(19)7-9/h1-5,7,10H,6,8,20H2. The first-order chi connectivity index (χ1) is 9.47. The molecule has 0 heterocycles. The smallest absolute Gasteiger partial charge is 0.0595 e. The minimum absolute atomic E-state index is 0.0929. The van der Waals surface area contributed by atoms with Gasteiger partial charge in [0, 0.05) is 16.1 Å². The van der Waals surface area contributed by atoms with Crippen LogP contribution in [0.25, 0.3) is 0 Å². The van der Waals surface area contributed by atoms with Crippen molar-refractivity contribution in [2.75, 3.05) is 0 Å². The van der Waals surface area contributed by atoms with Gasteiger partial charge in [0.05, 0.1) is 10.0 Å². The molecule has 2 aromatic rings. The molecule has 20 heavy (non-hydrogen) atoms. The second-order valence-corrected chi connectivity index (χ2v) is 6.25. The number of halogens is 4. The Morgan fingerprint density at radius 1 is 0.800 bits per heavy atom. The molecule has 1 atom stereocenters. The van der Waals surface area contributed by atoms with Gasteiger partial charge in [-0.15, -0.1) is 0 Å². The molecule has 0 aliphatic rings. The van der Waals surface area contributed by atoms with Crippen molar-refractivity contribution in [1.29, 1.82) is 0 Å². The van der Waals surface area contributed by atoms with Gasteiger partial charge in [0.1, 0.15) is 0 Å². The van der Waals surface area contributed by atoms with Crippen molar-refractivity contribution in [2.45, 2.75) is 18.9 Å². The molecule has 0 bridgehead atoms. The third kappa shape index (κ3) is 4.03. The molecule has 0 saturated heterocycles. The molecule has 0 aromatic heterocycles. The molecule has 1 nitrogen and oxygen atoms in total. The maximum absolute atomic E-state index is 6.17. The van der Waals surface area contributed by atoms with Crippen molar-refractivity contribution in [2.24, 2.45) is 5.73 Å². The molecule has 0 amide bonds. The van der Waals surface area contributed by atoms with Crippen LogP contribution in [0.2, 0.25) is 20.1 Å². The molecule has 2 aromatic carbocycles. The monoisotopic (exact) mass is 347 g/mol. The zero-order valence-corrected chi connectivity index (χ0v) is 13.6. The van der Waals surface area contributed by atoms with Crippen LogP contribution >= 0.6 is 46.4 Å². The van der Waals surface area contributed by atoms with Gasteiger partial charge in [-0.2, -0.15) is 0 Å².